The van der Waals surface area contributed by atoms with E-state index in [1.165, 1.54) is 0 Å². The average Bonchev–Trinajstić information content (AvgIpc) is 3.29. The zero-order valence-corrected chi connectivity index (χ0v) is 22.1. The van der Waals surface area contributed by atoms with E-state index >= 15 is 0 Å². The second-order valence-corrected chi connectivity index (χ2v) is 8.94. The number of ether oxygens (including phenoxy) is 3. The number of carbonyl (C=O) groups is 1. The Balaban J connectivity index is 1.33. The molecule has 198 valence electrons. The molecule has 0 unspecified atom stereocenters. The molecule has 0 atom stereocenters. The number of rotatable bonds is 14. The van der Waals surface area contributed by atoms with Gasteiger partial charge in [-0.1, -0.05) is 42.5 Å². The Morgan fingerprint density at radius 3 is 2.61 bits per heavy atom. The van der Waals surface area contributed by atoms with Crippen molar-refractivity contribution >= 4 is 16.9 Å². The molecule has 1 N–H and O–H groups in total. The molecule has 0 saturated heterocycles. The monoisotopic (exact) mass is 513 g/mol. The Kier molecular flexibility index (Phi) is 9.40. The van der Waals surface area contributed by atoms with Gasteiger partial charge in [-0.25, -0.2) is 4.98 Å². The van der Waals surface area contributed by atoms with Crippen LogP contribution >= 0.6 is 0 Å². The number of hydrogen-bond acceptors (Lipinski definition) is 5. The van der Waals surface area contributed by atoms with E-state index in [2.05, 4.69) is 28.6 Å². The average molecular weight is 514 g/mol. The molecule has 3 aromatic carbocycles. The van der Waals surface area contributed by atoms with Crippen LogP contribution in [0.4, 0.5) is 0 Å². The summed E-state index contributed by atoms with van der Waals surface area (Å²) in [5, 5.41) is 3.02. The van der Waals surface area contributed by atoms with E-state index in [1.54, 1.807) is 14.2 Å². The third-order valence-corrected chi connectivity index (χ3v) is 6.35. The molecule has 0 aliphatic rings. The number of carbonyl (C=O) groups excluding carboxylic acids is 1. The summed E-state index contributed by atoms with van der Waals surface area (Å²) in [6.07, 6.45) is 4.47. The highest BCUT2D eigenvalue weighted by molar-refractivity contribution is 5.79. The number of methoxy groups -OCH3 is 2. The number of para-hydroxylation sites is 3. The summed E-state index contributed by atoms with van der Waals surface area (Å²) in [5.74, 6) is 3.10. The Morgan fingerprint density at radius 2 is 1.79 bits per heavy atom. The number of imidazole rings is 1. The molecule has 1 heterocycles. The van der Waals surface area contributed by atoms with Crippen molar-refractivity contribution in [3.8, 4) is 17.2 Å². The van der Waals surface area contributed by atoms with Crippen LogP contribution in [0.3, 0.4) is 0 Å². The zero-order valence-electron chi connectivity index (χ0n) is 22.1. The minimum atomic E-state index is -0.0303. The SMILES string of the molecule is C=CCc1ccccc1OCCn1c(CCCNC(=O)Cc2ccc(OC)c(OC)c2)nc2ccccc21. The number of allylic oxidation sites excluding steroid dienone is 1. The number of aromatic nitrogens is 2. The molecule has 0 saturated carbocycles. The van der Waals surface area contributed by atoms with Crippen LogP contribution in [0.1, 0.15) is 23.4 Å². The van der Waals surface area contributed by atoms with Crippen molar-refractivity contribution in [2.45, 2.75) is 32.2 Å². The lowest BCUT2D eigenvalue weighted by Gasteiger charge is -2.13. The van der Waals surface area contributed by atoms with Crippen LogP contribution in [-0.4, -0.2) is 42.8 Å². The molecule has 1 aromatic heterocycles. The van der Waals surface area contributed by atoms with Crippen molar-refractivity contribution in [1.29, 1.82) is 0 Å². The van der Waals surface area contributed by atoms with Gasteiger partial charge in [0.2, 0.25) is 5.91 Å². The van der Waals surface area contributed by atoms with Crippen LogP contribution in [0.2, 0.25) is 0 Å². The van der Waals surface area contributed by atoms with Crippen molar-refractivity contribution < 1.29 is 19.0 Å². The van der Waals surface area contributed by atoms with E-state index in [9.17, 15) is 4.79 Å². The Labute approximate surface area is 224 Å². The van der Waals surface area contributed by atoms with Gasteiger partial charge >= 0.3 is 0 Å². The largest absolute Gasteiger partial charge is 0.493 e. The van der Waals surface area contributed by atoms with E-state index in [-0.39, 0.29) is 12.3 Å². The van der Waals surface area contributed by atoms with E-state index in [4.69, 9.17) is 19.2 Å². The predicted octanol–water partition coefficient (Wildman–Crippen LogP) is 5.15. The van der Waals surface area contributed by atoms with E-state index in [0.717, 1.165) is 53.0 Å². The molecule has 7 nitrogen and oxygen atoms in total. The number of amides is 1. The van der Waals surface area contributed by atoms with Gasteiger partial charge in [0.05, 0.1) is 38.2 Å². The summed E-state index contributed by atoms with van der Waals surface area (Å²) in [4.78, 5) is 17.4. The van der Waals surface area contributed by atoms with Crippen LogP contribution in [0.25, 0.3) is 11.0 Å². The molecule has 0 fully saturated rings. The standard InChI is InChI=1S/C31H35N3O4/c1-4-10-24-11-5-8-14-27(24)38-20-19-34-26-13-7-6-12-25(26)33-30(34)15-9-18-32-31(35)22-23-16-17-28(36-2)29(21-23)37-3/h4-8,11-14,16-17,21H,1,9-10,15,18-20,22H2,2-3H3,(H,32,35). The molecule has 38 heavy (non-hydrogen) atoms. The Bertz CT molecular complexity index is 1380. The first-order valence-electron chi connectivity index (χ1n) is 12.9. The smallest absolute Gasteiger partial charge is 0.224 e. The van der Waals surface area contributed by atoms with Crippen molar-refractivity contribution in [2.75, 3.05) is 27.4 Å². The topological polar surface area (TPSA) is 74.6 Å². The molecule has 1 amide bonds. The van der Waals surface area contributed by atoms with Crippen molar-refractivity contribution in [2.24, 2.45) is 0 Å². The molecular weight excluding hydrogens is 478 g/mol. The van der Waals surface area contributed by atoms with Crippen molar-refractivity contribution in [1.82, 2.24) is 14.9 Å². The van der Waals surface area contributed by atoms with Gasteiger partial charge in [0.25, 0.3) is 0 Å². The lowest BCUT2D eigenvalue weighted by Crippen LogP contribution is -2.26. The minimum absolute atomic E-state index is 0.0303. The second-order valence-electron chi connectivity index (χ2n) is 8.94. The molecule has 0 aliphatic heterocycles. The predicted molar refractivity (Wildman–Crippen MR) is 150 cm³/mol. The number of nitrogens with zero attached hydrogens (tertiary/aromatic N) is 2. The number of benzene rings is 3. The molecule has 0 spiro atoms. The first-order chi connectivity index (χ1) is 18.6. The van der Waals surface area contributed by atoms with Crippen LogP contribution in [0.15, 0.2) is 79.4 Å². The maximum absolute atomic E-state index is 12.5. The summed E-state index contributed by atoms with van der Waals surface area (Å²) < 4.78 is 19.0. The van der Waals surface area contributed by atoms with E-state index in [1.807, 2.05) is 60.7 Å². The van der Waals surface area contributed by atoms with Crippen LogP contribution in [0.5, 0.6) is 17.2 Å². The first-order valence-corrected chi connectivity index (χ1v) is 12.9. The fraction of sp³-hybridized carbons (Fsp3) is 0.290. The maximum atomic E-state index is 12.5. The van der Waals surface area contributed by atoms with Gasteiger partial charge in [0.15, 0.2) is 11.5 Å². The summed E-state index contributed by atoms with van der Waals surface area (Å²) in [5.41, 5.74) is 4.05. The lowest BCUT2D eigenvalue weighted by molar-refractivity contribution is -0.120. The summed E-state index contributed by atoms with van der Waals surface area (Å²) in [6, 6.07) is 21.7. The highest BCUT2D eigenvalue weighted by atomic mass is 16.5. The minimum Gasteiger partial charge on any atom is -0.493 e. The fourth-order valence-electron chi connectivity index (χ4n) is 4.49. The lowest BCUT2D eigenvalue weighted by atomic mass is 10.1. The van der Waals surface area contributed by atoms with Gasteiger partial charge in [-0.2, -0.15) is 0 Å². The zero-order chi connectivity index (χ0) is 26.7. The van der Waals surface area contributed by atoms with Crippen LogP contribution < -0.4 is 19.5 Å². The molecule has 7 heteroatoms. The summed E-state index contributed by atoms with van der Waals surface area (Å²) >= 11 is 0. The number of fused-ring (bicyclic) bond motifs is 1. The van der Waals surface area contributed by atoms with Crippen molar-refractivity contribution in [3.05, 3.63) is 96.3 Å². The number of nitrogens with one attached hydrogen (secondary N) is 1. The van der Waals surface area contributed by atoms with Crippen LogP contribution in [0, 0.1) is 0 Å². The number of aryl methyl sites for hydroxylation is 1. The van der Waals surface area contributed by atoms with Crippen molar-refractivity contribution in [3.63, 3.8) is 0 Å². The molecular formula is C31H35N3O4. The molecule has 4 rings (SSSR count). The number of hydrogen-bond donors (Lipinski definition) is 1. The highest BCUT2D eigenvalue weighted by Gasteiger charge is 2.12. The molecule has 0 aliphatic carbocycles. The Morgan fingerprint density at radius 1 is 1.00 bits per heavy atom. The third-order valence-electron chi connectivity index (χ3n) is 6.35. The van der Waals surface area contributed by atoms with E-state index < -0.39 is 0 Å². The fourth-order valence-corrected chi connectivity index (χ4v) is 4.49. The van der Waals surface area contributed by atoms with Gasteiger partial charge < -0.3 is 24.1 Å². The van der Waals surface area contributed by atoms with E-state index in [0.29, 0.717) is 31.2 Å². The van der Waals surface area contributed by atoms with Gasteiger partial charge in [0, 0.05) is 13.0 Å². The first kappa shape index (κ1) is 26.8. The normalized spacial score (nSPS) is 10.8. The molecule has 0 radical (unpaired) electrons. The summed E-state index contributed by atoms with van der Waals surface area (Å²) in [6.45, 7) is 5.63. The molecule has 0 bridgehead atoms. The molecule has 4 aromatic rings. The Hall–Kier alpha value is -4.26. The van der Waals surface area contributed by atoms with Crippen LogP contribution in [-0.2, 0) is 30.6 Å². The van der Waals surface area contributed by atoms with Gasteiger partial charge in [-0.3, -0.25) is 4.79 Å². The van der Waals surface area contributed by atoms with Gasteiger partial charge in [-0.05, 0) is 54.3 Å². The quantitative estimate of drug-likeness (QED) is 0.186. The second kappa shape index (κ2) is 13.3. The summed E-state index contributed by atoms with van der Waals surface area (Å²) in [7, 11) is 3.18. The van der Waals surface area contributed by atoms with Gasteiger partial charge in [-0.15, -0.1) is 6.58 Å². The highest BCUT2D eigenvalue weighted by Crippen LogP contribution is 2.27. The van der Waals surface area contributed by atoms with Gasteiger partial charge in [0.1, 0.15) is 18.2 Å². The maximum Gasteiger partial charge on any atom is 0.224 e. The third kappa shape index (κ3) is 6.73.